The Morgan fingerprint density at radius 2 is 2.10 bits per heavy atom. The van der Waals surface area contributed by atoms with Gasteiger partial charge < -0.3 is 10.6 Å². The molecule has 2 N–H and O–H groups in total. The van der Waals surface area contributed by atoms with Crippen LogP contribution in [0.15, 0.2) is 12.1 Å². The molecule has 0 spiro atoms. The van der Waals surface area contributed by atoms with Gasteiger partial charge in [0.1, 0.15) is 0 Å². The molecule has 1 unspecified atom stereocenters. The molecule has 0 bridgehead atoms. The quantitative estimate of drug-likeness (QED) is 0.652. The van der Waals surface area contributed by atoms with Gasteiger partial charge in [-0.1, -0.05) is 0 Å². The van der Waals surface area contributed by atoms with E-state index in [-0.39, 0.29) is 13.0 Å². The monoisotopic (exact) mass is 285 g/mol. The van der Waals surface area contributed by atoms with Crippen LogP contribution in [0.2, 0.25) is 0 Å². The van der Waals surface area contributed by atoms with Crippen molar-refractivity contribution in [3.05, 3.63) is 33.9 Å². The third-order valence-corrected chi connectivity index (χ3v) is 3.04. The fraction of sp³-hybridized carbons (Fsp3) is 0.273. The summed E-state index contributed by atoms with van der Waals surface area (Å²) in [5, 5.41) is 10.9. The first-order chi connectivity index (χ1) is 9.32. The fourth-order valence-corrected chi connectivity index (χ4v) is 2.05. The van der Waals surface area contributed by atoms with Crippen LogP contribution in [0.25, 0.3) is 0 Å². The van der Waals surface area contributed by atoms with E-state index in [0.717, 1.165) is 6.07 Å². The van der Waals surface area contributed by atoms with E-state index >= 15 is 0 Å². The normalized spacial score (nSPS) is 18.4. The van der Waals surface area contributed by atoms with E-state index in [1.807, 2.05) is 0 Å². The van der Waals surface area contributed by atoms with E-state index in [2.05, 4.69) is 0 Å². The molecule has 1 heterocycles. The second kappa shape index (κ2) is 4.83. The molecule has 7 nitrogen and oxygen atoms in total. The maximum Gasteiger partial charge on any atom is 0.296 e. The van der Waals surface area contributed by atoms with Crippen molar-refractivity contribution in [2.24, 2.45) is 11.7 Å². The number of amides is 2. The molecule has 0 saturated carbocycles. The SMILES string of the molecule is NC(=O)C1CC(=O)N(c2c([N+](=O)[O-])ccc(F)c2F)C1. The minimum atomic E-state index is -1.50. The van der Waals surface area contributed by atoms with Gasteiger partial charge >= 0.3 is 0 Å². The van der Waals surface area contributed by atoms with Crippen LogP contribution in [0.5, 0.6) is 0 Å². The summed E-state index contributed by atoms with van der Waals surface area (Å²) in [7, 11) is 0. The molecule has 1 saturated heterocycles. The summed E-state index contributed by atoms with van der Waals surface area (Å²) in [4.78, 5) is 33.4. The average Bonchev–Trinajstić information content (AvgIpc) is 2.74. The van der Waals surface area contributed by atoms with Gasteiger partial charge in [-0.15, -0.1) is 0 Å². The van der Waals surface area contributed by atoms with Gasteiger partial charge in [0.2, 0.25) is 11.8 Å². The number of hydrogen-bond acceptors (Lipinski definition) is 4. The lowest BCUT2D eigenvalue weighted by molar-refractivity contribution is -0.384. The molecular formula is C11H9F2N3O4. The second-order valence-electron chi connectivity index (χ2n) is 4.29. The number of hydrogen-bond donors (Lipinski definition) is 1. The molecule has 2 amide bonds. The molecule has 1 fully saturated rings. The lowest BCUT2D eigenvalue weighted by Gasteiger charge is -2.17. The molecule has 0 aliphatic carbocycles. The van der Waals surface area contributed by atoms with E-state index in [9.17, 15) is 28.5 Å². The van der Waals surface area contributed by atoms with Gasteiger partial charge in [0.25, 0.3) is 5.69 Å². The Hall–Kier alpha value is -2.58. The highest BCUT2D eigenvalue weighted by Crippen LogP contribution is 2.36. The number of nitrogens with zero attached hydrogens (tertiary/aromatic N) is 2. The third-order valence-electron chi connectivity index (χ3n) is 3.04. The van der Waals surface area contributed by atoms with Crippen molar-refractivity contribution in [1.29, 1.82) is 0 Å². The smallest absolute Gasteiger partial charge is 0.296 e. The van der Waals surface area contributed by atoms with Crippen molar-refractivity contribution in [2.75, 3.05) is 11.4 Å². The number of carbonyl (C=O) groups excluding carboxylic acids is 2. The lowest BCUT2D eigenvalue weighted by Crippen LogP contribution is -2.29. The Balaban J connectivity index is 2.52. The van der Waals surface area contributed by atoms with Gasteiger partial charge in [0, 0.05) is 19.0 Å². The van der Waals surface area contributed by atoms with Crippen molar-refractivity contribution in [2.45, 2.75) is 6.42 Å². The first kappa shape index (κ1) is 13.8. The highest BCUT2D eigenvalue weighted by molar-refractivity contribution is 6.01. The second-order valence-corrected chi connectivity index (χ2v) is 4.29. The molecule has 1 aliphatic heterocycles. The molecule has 9 heteroatoms. The van der Waals surface area contributed by atoms with E-state index in [0.29, 0.717) is 11.0 Å². The topological polar surface area (TPSA) is 107 Å². The Morgan fingerprint density at radius 1 is 1.45 bits per heavy atom. The summed E-state index contributed by atoms with van der Waals surface area (Å²) in [5.74, 6) is -5.20. The van der Waals surface area contributed by atoms with Crippen molar-refractivity contribution < 1.29 is 23.3 Å². The number of nitrogens with two attached hydrogens (primary N) is 1. The van der Waals surface area contributed by atoms with Gasteiger partial charge in [-0.25, -0.2) is 8.78 Å². The molecule has 2 rings (SSSR count). The predicted molar refractivity (Wildman–Crippen MR) is 62.7 cm³/mol. The van der Waals surface area contributed by atoms with Crippen molar-refractivity contribution >= 4 is 23.2 Å². The standard InChI is InChI=1S/C11H9F2N3O4/c12-6-1-2-7(16(19)20)10(9(6)13)15-4-5(11(14)18)3-8(15)17/h1-2,5H,3-4H2,(H2,14,18). The summed E-state index contributed by atoms with van der Waals surface area (Å²) < 4.78 is 27.0. The van der Waals surface area contributed by atoms with Gasteiger partial charge in [0.05, 0.1) is 10.8 Å². The molecular weight excluding hydrogens is 276 g/mol. The van der Waals surface area contributed by atoms with E-state index in [1.165, 1.54) is 0 Å². The predicted octanol–water partition coefficient (Wildman–Crippen LogP) is 0.711. The van der Waals surface area contributed by atoms with Gasteiger partial charge in [-0.05, 0) is 6.07 Å². The Labute approximate surface area is 111 Å². The zero-order chi connectivity index (χ0) is 15.0. The number of anilines is 1. The van der Waals surface area contributed by atoms with Crippen LogP contribution in [0.3, 0.4) is 0 Å². The maximum atomic E-state index is 13.8. The van der Waals surface area contributed by atoms with Gasteiger partial charge in [-0.3, -0.25) is 19.7 Å². The fourth-order valence-electron chi connectivity index (χ4n) is 2.05. The minimum absolute atomic E-state index is 0.289. The van der Waals surface area contributed by atoms with Crippen LogP contribution < -0.4 is 10.6 Å². The molecule has 1 aromatic rings. The van der Waals surface area contributed by atoms with Crippen LogP contribution in [-0.2, 0) is 9.59 Å². The molecule has 0 aromatic heterocycles. The molecule has 1 aromatic carbocycles. The summed E-state index contributed by atoms with van der Waals surface area (Å²) in [6.07, 6.45) is -0.289. The molecule has 1 atom stereocenters. The molecule has 106 valence electrons. The van der Waals surface area contributed by atoms with Gasteiger partial charge in [-0.2, -0.15) is 0 Å². The lowest BCUT2D eigenvalue weighted by atomic mass is 10.1. The summed E-state index contributed by atoms with van der Waals surface area (Å²) >= 11 is 0. The van der Waals surface area contributed by atoms with E-state index < -0.39 is 45.7 Å². The highest BCUT2D eigenvalue weighted by atomic mass is 19.2. The molecule has 20 heavy (non-hydrogen) atoms. The zero-order valence-corrected chi connectivity index (χ0v) is 10.0. The Kier molecular flexibility index (Phi) is 3.35. The number of nitro groups is 1. The molecule has 0 radical (unpaired) electrons. The first-order valence-corrected chi connectivity index (χ1v) is 5.55. The maximum absolute atomic E-state index is 13.8. The minimum Gasteiger partial charge on any atom is -0.369 e. The Bertz CT molecular complexity index is 620. The summed E-state index contributed by atoms with van der Waals surface area (Å²) in [5.41, 5.74) is 3.52. The van der Waals surface area contributed by atoms with Crippen LogP contribution >= 0.6 is 0 Å². The van der Waals surface area contributed by atoms with E-state index in [1.54, 1.807) is 0 Å². The summed E-state index contributed by atoms with van der Waals surface area (Å²) in [6.45, 7) is -0.310. The average molecular weight is 285 g/mol. The van der Waals surface area contributed by atoms with Gasteiger partial charge in [0.15, 0.2) is 17.3 Å². The largest absolute Gasteiger partial charge is 0.369 e. The Morgan fingerprint density at radius 3 is 2.60 bits per heavy atom. The third kappa shape index (κ3) is 2.17. The van der Waals surface area contributed by atoms with Crippen LogP contribution in [0.4, 0.5) is 20.2 Å². The number of rotatable bonds is 3. The number of nitro benzene ring substituents is 1. The number of carbonyl (C=O) groups is 2. The van der Waals surface area contributed by atoms with Crippen LogP contribution in [0.1, 0.15) is 6.42 Å². The first-order valence-electron chi connectivity index (χ1n) is 5.55. The number of primary amides is 1. The zero-order valence-electron chi connectivity index (χ0n) is 10.0. The highest BCUT2D eigenvalue weighted by Gasteiger charge is 2.39. The van der Waals surface area contributed by atoms with E-state index in [4.69, 9.17) is 5.73 Å². The van der Waals surface area contributed by atoms with Crippen LogP contribution in [-0.4, -0.2) is 23.3 Å². The number of benzene rings is 1. The van der Waals surface area contributed by atoms with Crippen LogP contribution in [0, 0.1) is 27.7 Å². The van der Waals surface area contributed by atoms with Crippen molar-refractivity contribution in [3.8, 4) is 0 Å². The van der Waals surface area contributed by atoms with Crippen molar-refractivity contribution in [3.63, 3.8) is 0 Å². The van der Waals surface area contributed by atoms with Crippen molar-refractivity contribution in [1.82, 2.24) is 0 Å². The summed E-state index contributed by atoms with van der Waals surface area (Å²) in [6, 6.07) is 1.36. The molecule has 1 aliphatic rings. The number of halogens is 2.